The molecule has 0 saturated heterocycles. The van der Waals surface area contributed by atoms with Crippen LogP contribution < -0.4 is 20.9 Å². The molecule has 116 valence electrons. The van der Waals surface area contributed by atoms with Crippen LogP contribution in [0.5, 0.6) is 23.0 Å². The zero-order valence-corrected chi connectivity index (χ0v) is 12.8. The highest BCUT2D eigenvalue weighted by atomic mass is 16.5. The predicted octanol–water partition coefficient (Wildman–Crippen LogP) is 4.74. The number of aryl methyl sites for hydroxylation is 1. The molecule has 0 bridgehead atoms. The molecule has 3 rings (SSSR count). The van der Waals surface area contributed by atoms with E-state index in [1.54, 1.807) is 12.1 Å². The number of hydrogen-bond donors (Lipinski definition) is 2. The largest absolute Gasteiger partial charge is 0.457 e. The Kier molecular flexibility index (Phi) is 4.06. The van der Waals surface area contributed by atoms with Crippen molar-refractivity contribution in [2.75, 3.05) is 11.5 Å². The van der Waals surface area contributed by atoms with Crippen molar-refractivity contribution in [3.8, 4) is 23.0 Å². The van der Waals surface area contributed by atoms with E-state index in [2.05, 4.69) is 0 Å². The topological polar surface area (TPSA) is 70.5 Å². The maximum Gasteiger partial charge on any atom is 0.130 e. The van der Waals surface area contributed by atoms with Crippen molar-refractivity contribution in [2.45, 2.75) is 6.92 Å². The van der Waals surface area contributed by atoms with Gasteiger partial charge in [0.25, 0.3) is 0 Å². The number of nitrogen functional groups attached to an aromatic ring is 2. The molecular formula is C19H18N2O2. The van der Waals surface area contributed by atoms with Gasteiger partial charge in [0.15, 0.2) is 0 Å². The molecule has 0 aliphatic heterocycles. The van der Waals surface area contributed by atoms with E-state index in [1.165, 1.54) is 0 Å². The highest BCUT2D eigenvalue weighted by molar-refractivity contribution is 5.49. The van der Waals surface area contributed by atoms with Crippen LogP contribution in [0.1, 0.15) is 5.56 Å². The van der Waals surface area contributed by atoms with Crippen molar-refractivity contribution in [1.82, 2.24) is 0 Å². The number of ether oxygens (including phenoxy) is 2. The molecule has 3 aromatic rings. The van der Waals surface area contributed by atoms with Crippen LogP contribution in [-0.2, 0) is 0 Å². The van der Waals surface area contributed by atoms with Crippen molar-refractivity contribution >= 4 is 11.4 Å². The van der Waals surface area contributed by atoms with E-state index < -0.39 is 0 Å². The van der Waals surface area contributed by atoms with Crippen LogP contribution in [0.2, 0.25) is 0 Å². The van der Waals surface area contributed by atoms with Gasteiger partial charge in [-0.3, -0.25) is 0 Å². The normalized spacial score (nSPS) is 10.3. The molecule has 0 spiro atoms. The van der Waals surface area contributed by atoms with Crippen LogP contribution in [-0.4, -0.2) is 0 Å². The van der Waals surface area contributed by atoms with Crippen molar-refractivity contribution < 1.29 is 9.47 Å². The lowest BCUT2D eigenvalue weighted by Crippen LogP contribution is -1.91. The molecule has 0 aliphatic rings. The summed E-state index contributed by atoms with van der Waals surface area (Å²) in [6, 6.07) is 20.3. The van der Waals surface area contributed by atoms with Gasteiger partial charge in [-0.25, -0.2) is 0 Å². The molecule has 0 fully saturated rings. The fourth-order valence-electron chi connectivity index (χ4n) is 2.22. The van der Waals surface area contributed by atoms with E-state index in [9.17, 15) is 0 Å². The quantitative estimate of drug-likeness (QED) is 0.683. The summed E-state index contributed by atoms with van der Waals surface area (Å²) in [5.74, 6) is 2.90. The third-order valence-electron chi connectivity index (χ3n) is 3.33. The average Bonchev–Trinajstić information content (AvgIpc) is 2.50. The minimum Gasteiger partial charge on any atom is -0.457 e. The van der Waals surface area contributed by atoms with Gasteiger partial charge in [-0.1, -0.05) is 12.1 Å². The zero-order chi connectivity index (χ0) is 16.2. The van der Waals surface area contributed by atoms with E-state index in [-0.39, 0.29) is 0 Å². The summed E-state index contributed by atoms with van der Waals surface area (Å²) >= 11 is 0. The standard InChI is InChI=1S/C19H18N2O2/c1-13-10-18(22-16-6-2-4-14(20)11-16)8-9-19(13)23-17-7-3-5-15(21)12-17/h2-12H,20-21H2,1H3. The smallest absolute Gasteiger partial charge is 0.130 e. The van der Waals surface area contributed by atoms with E-state index in [1.807, 2.05) is 61.5 Å². The number of nitrogens with two attached hydrogens (primary N) is 2. The molecule has 0 amide bonds. The lowest BCUT2D eigenvalue weighted by Gasteiger charge is -2.12. The molecule has 0 radical (unpaired) electrons. The first-order chi connectivity index (χ1) is 11.1. The zero-order valence-electron chi connectivity index (χ0n) is 12.8. The summed E-state index contributed by atoms with van der Waals surface area (Å²) in [5, 5.41) is 0. The van der Waals surface area contributed by atoms with Gasteiger partial charge >= 0.3 is 0 Å². The molecule has 0 heterocycles. The Morgan fingerprint density at radius 1 is 0.652 bits per heavy atom. The van der Waals surface area contributed by atoms with E-state index in [0.717, 1.165) is 17.1 Å². The number of rotatable bonds is 4. The molecule has 0 unspecified atom stereocenters. The maximum absolute atomic E-state index is 5.86. The fourth-order valence-corrected chi connectivity index (χ4v) is 2.22. The first kappa shape index (κ1) is 14.8. The number of anilines is 2. The summed E-state index contributed by atoms with van der Waals surface area (Å²) in [6.45, 7) is 1.97. The van der Waals surface area contributed by atoms with Gasteiger partial charge in [-0.15, -0.1) is 0 Å². The van der Waals surface area contributed by atoms with Crippen LogP contribution >= 0.6 is 0 Å². The van der Waals surface area contributed by atoms with Crippen molar-refractivity contribution in [3.05, 3.63) is 72.3 Å². The first-order valence-electron chi connectivity index (χ1n) is 7.27. The minimum atomic E-state index is 0.667. The van der Waals surface area contributed by atoms with Gasteiger partial charge in [0.1, 0.15) is 23.0 Å². The average molecular weight is 306 g/mol. The Balaban J connectivity index is 1.78. The summed E-state index contributed by atoms with van der Waals surface area (Å²) in [5.41, 5.74) is 13.8. The predicted molar refractivity (Wildman–Crippen MR) is 93.0 cm³/mol. The summed E-state index contributed by atoms with van der Waals surface area (Å²) in [7, 11) is 0. The highest BCUT2D eigenvalue weighted by Crippen LogP contribution is 2.31. The van der Waals surface area contributed by atoms with E-state index in [0.29, 0.717) is 22.9 Å². The van der Waals surface area contributed by atoms with Crippen LogP contribution in [0.15, 0.2) is 66.7 Å². The number of benzene rings is 3. The van der Waals surface area contributed by atoms with Gasteiger partial charge in [0, 0.05) is 23.5 Å². The molecule has 4 N–H and O–H groups in total. The van der Waals surface area contributed by atoms with E-state index >= 15 is 0 Å². The Morgan fingerprint density at radius 3 is 1.78 bits per heavy atom. The van der Waals surface area contributed by atoms with Gasteiger partial charge in [-0.2, -0.15) is 0 Å². The molecular weight excluding hydrogens is 288 g/mol. The second-order valence-corrected chi connectivity index (χ2v) is 5.28. The summed E-state index contributed by atoms with van der Waals surface area (Å²) in [4.78, 5) is 0. The summed E-state index contributed by atoms with van der Waals surface area (Å²) < 4.78 is 11.7. The van der Waals surface area contributed by atoms with Gasteiger partial charge in [0.05, 0.1) is 0 Å². The second kappa shape index (κ2) is 6.32. The molecule has 0 saturated carbocycles. The van der Waals surface area contributed by atoms with Crippen LogP contribution in [0.3, 0.4) is 0 Å². The molecule has 0 aromatic heterocycles. The SMILES string of the molecule is Cc1cc(Oc2cccc(N)c2)ccc1Oc1cccc(N)c1. The molecule has 4 nitrogen and oxygen atoms in total. The lowest BCUT2D eigenvalue weighted by molar-refractivity contribution is 0.466. The molecule has 3 aromatic carbocycles. The Labute approximate surface area is 135 Å². The Morgan fingerprint density at radius 2 is 1.22 bits per heavy atom. The van der Waals surface area contributed by atoms with Crippen LogP contribution in [0, 0.1) is 6.92 Å². The monoisotopic (exact) mass is 306 g/mol. The third kappa shape index (κ3) is 3.74. The molecule has 23 heavy (non-hydrogen) atoms. The first-order valence-corrected chi connectivity index (χ1v) is 7.27. The van der Waals surface area contributed by atoms with Crippen molar-refractivity contribution in [1.29, 1.82) is 0 Å². The molecule has 0 aliphatic carbocycles. The highest BCUT2D eigenvalue weighted by Gasteiger charge is 2.05. The Bertz CT molecular complexity index is 831. The molecule has 0 atom stereocenters. The summed E-state index contributed by atoms with van der Waals surface area (Å²) in [6.07, 6.45) is 0. The van der Waals surface area contributed by atoms with Gasteiger partial charge in [-0.05, 0) is 55.0 Å². The lowest BCUT2D eigenvalue weighted by atomic mass is 10.2. The van der Waals surface area contributed by atoms with Crippen molar-refractivity contribution in [2.24, 2.45) is 0 Å². The van der Waals surface area contributed by atoms with E-state index in [4.69, 9.17) is 20.9 Å². The molecule has 4 heteroatoms. The second-order valence-electron chi connectivity index (χ2n) is 5.28. The van der Waals surface area contributed by atoms with Crippen molar-refractivity contribution in [3.63, 3.8) is 0 Å². The van der Waals surface area contributed by atoms with Crippen LogP contribution in [0.25, 0.3) is 0 Å². The fraction of sp³-hybridized carbons (Fsp3) is 0.0526. The Hall–Kier alpha value is -3.14. The minimum absolute atomic E-state index is 0.667. The van der Waals surface area contributed by atoms with Gasteiger partial charge < -0.3 is 20.9 Å². The van der Waals surface area contributed by atoms with Gasteiger partial charge in [0.2, 0.25) is 0 Å². The third-order valence-corrected chi connectivity index (χ3v) is 3.33. The van der Waals surface area contributed by atoms with Crippen LogP contribution in [0.4, 0.5) is 11.4 Å². The number of hydrogen-bond acceptors (Lipinski definition) is 4. The maximum atomic E-state index is 5.86.